The first kappa shape index (κ1) is 11.1. The second kappa shape index (κ2) is 5.04. The number of hydrogen-bond donors (Lipinski definition) is 0. The zero-order chi connectivity index (χ0) is 10.6. The van der Waals surface area contributed by atoms with Crippen molar-refractivity contribution in [3.63, 3.8) is 0 Å². The molecule has 1 nitrogen and oxygen atoms in total. The van der Waals surface area contributed by atoms with Crippen molar-refractivity contribution in [1.82, 2.24) is 0 Å². The van der Waals surface area contributed by atoms with Gasteiger partial charge >= 0.3 is 0 Å². The maximum Gasteiger partial charge on any atom is 0.122 e. The summed E-state index contributed by atoms with van der Waals surface area (Å²) in [7, 11) is 1.74. The molecular formula is C13H20O. The van der Waals surface area contributed by atoms with E-state index in [0.29, 0.717) is 0 Å². The van der Waals surface area contributed by atoms with E-state index in [1.807, 2.05) is 13.8 Å². The molecule has 0 N–H and O–H groups in total. The minimum Gasteiger partial charge on any atom is -0.496 e. The van der Waals surface area contributed by atoms with Gasteiger partial charge in [0.2, 0.25) is 0 Å². The summed E-state index contributed by atoms with van der Waals surface area (Å²) in [5.41, 5.74) is 2.67. The van der Waals surface area contributed by atoms with Crippen LogP contribution in [-0.4, -0.2) is 7.11 Å². The van der Waals surface area contributed by atoms with Crippen LogP contribution in [0, 0.1) is 6.92 Å². The fraction of sp³-hybridized carbons (Fsp3) is 0.538. The third kappa shape index (κ3) is 2.50. The summed E-state index contributed by atoms with van der Waals surface area (Å²) in [5.74, 6) is 1.85. The molecular weight excluding hydrogens is 172 g/mol. The van der Waals surface area contributed by atoms with Gasteiger partial charge in [0.05, 0.1) is 7.11 Å². The molecule has 0 bridgehead atoms. The van der Waals surface area contributed by atoms with Crippen LogP contribution >= 0.6 is 0 Å². The van der Waals surface area contributed by atoms with Crippen molar-refractivity contribution in [3.8, 4) is 5.75 Å². The molecule has 14 heavy (non-hydrogen) atoms. The molecule has 0 radical (unpaired) electrons. The van der Waals surface area contributed by atoms with Crippen molar-refractivity contribution in [2.24, 2.45) is 0 Å². The molecule has 0 saturated heterocycles. The van der Waals surface area contributed by atoms with Gasteiger partial charge in [-0.25, -0.2) is 0 Å². The average molecular weight is 192 g/mol. The number of hydrogen-bond acceptors (Lipinski definition) is 1. The van der Waals surface area contributed by atoms with Crippen molar-refractivity contribution in [2.45, 2.75) is 39.5 Å². The third-order valence-electron chi connectivity index (χ3n) is 2.48. The van der Waals surface area contributed by atoms with Crippen molar-refractivity contribution in [1.29, 1.82) is 0 Å². The Morgan fingerprint density at radius 3 is 2.36 bits per heavy atom. The molecule has 0 aromatic heterocycles. The molecule has 1 aromatic carbocycles. The molecule has 2 rings (SSSR count). The molecule has 1 fully saturated rings. The molecule has 0 spiro atoms. The summed E-state index contributed by atoms with van der Waals surface area (Å²) >= 11 is 0. The summed E-state index contributed by atoms with van der Waals surface area (Å²) < 4.78 is 5.26. The molecule has 78 valence electrons. The number of ether oxygens (including phenoxy) is 1. The minimum absolute atomic E-state index is 0.819. The highest BCUT2D eigenvalue weighted by Crippen LogP contribution is 2.41. The second-order valence-electron chi connectivity index (χ2n) is 3.50. The van der Waals surface area contributed by atoms with E-state index in [-0.39, 0.29) is 0 Å². The Kier molecular flexibility index (Phi) is 3.99. The Bertz CT molecular complexity index is 287. The molecule has 0 atom stereocenters. The predicted octanol–water partition coefficient (Wildman–Crippen LogP) is 3.91. The highest BCUT2D eigenvalue weighted by atomic mass is 16.5. The van der Waals surface area contributed by atoms with E-state index >= 15 is 0 Å². The van der Waals surface area contributed by atoms with Gasteiger partial charge in [0.15, 0.2) is 0 Å². The standard InChI is InChI=1S/C11H14O.C2H6/c1-8-3-4-10(9-5-6-9)7-11(8)12-2;1-2/h3-4,7,9H,5-6H2,1-2H3;1-2H3. The van der Waals surface area contributed by atoms with E-state index in [9.17, 15) is 0 Å². The molecule has 1 saturated carbocycles. The third-order valence-corrected chi connectivity index (χ3v) is 2.48. The molecule has 0 aliphatic heterocycles. The van der Waals surface area contributed by atoms with Gasteiger partial charge < -0.3 is 4.74 Å². The fourth-order valence-corrected chi connectivity index (χ4v) is 1.51. The Balaban J connectivity index is 0.000000461. The zero-order valence-corrected chi connectivity index (χ0v) is 9.63. The maximum atomic E-state index is 5.26. The Labute approximate surface area is 87.1 Å². The summed E-state index contributed by atoms with van der Waals surface area (Å²) in [6, 6.07) is 6.54. The molecule has 1 aliphatic carbocycles. The molecule has 1 aromatic rings. The smallest absolute Gasteiger partial charge is 0.122 e. The van der Waals surface area contributed by atoms with Gasteiger partial charge in [-0.2, -0.15) is 0 Å². The van der Waals surface area contributed by atoms with Crippen molar-refractivity contribution in [3.05, 3.63) is 29.3 Å². The highest BCUT2D eigenvalue weighted by Gasteiger charge is 2.23. The van der Waals surface area contributed by atoms with Crippen LogP contribution in [0.1, 0.15) is 43.7 Å². The van der Waals surface area contributed by atoms with Gasteiger partial charge in [0, 0.05) is 0 Å². The number of aryl methyl sites for hydroxylation is 1. The van der Waals surface area contributed by atoms with Gasteiger partial charge in [-0.1, -0.05) is 26.0 Å². The van der Waals surface area contributed by atoms with Crippen LogP contribution < -0.4 is 4.74 Å². The van der Waals surface area contributed by atoms with E-state index in [1.165, 1.54) is 24.0 Å². The molecule has 0 unspecified atom stereocenters. The Morgan fingerprint density at radius 1 is 1.21 bits per heavy atom. The lowest BCUT2D eigenvalue weighted by atomic mass is 10.1. The lowest BCUT2D eigenvalue weighted by molar-refractivity contribution is 0.411. The summed E-state index contributed by atoms with van der Waals surface area (Å²) in [4.78, 5) is 0. The lowest BCUT2D eigenvalue weighted by Crippen LogP contribution is -1.88. The lowest BCUT2D eigenvalue weighted by Gasteiger charge is -2.06. The second-order valence-corrected chi connectivity index (χ2v) is 3.50. The summed E-state index contributed by atoms with van der Waals surface area (Å²) in [6.07, 6.45) is 2.71. The van der Waals surface area contributed by atoms with Crippen LogP contribution in [0.4, 0.5) is 0 Å². The molecule has 1 aliphatic rings. The predicted molar refractivity (Wildman–Crippen MR) is 61.1 cm³/mol. The summed E-state index contributed by atoms with van der Waals surface area (Å²) in [5, 5.41) is 0. The zero-order valence-electron chi connectivity index (χ0n) is 9.63. The van der Waals surface area contributed by atoms with Gasteiger partial charge in [-0.15, -0.1) is 0 Å². The van der Waals surface area contributed by atoms with E-state index < -0.39 is 0 Å². The van der Waals surface area contributed by atoms with E-state index in [2.05, 4.69) is 25.1 Å². The average Bonchev–Trinajstić information content (AvgIpc) is 3.05. The summed E-state index contributed by atoms with van der Waals surface area (Å²) in [6.45, 7) is 6.08. The van der Waals surface area contributed by atoms with Crippen molar-refractivity contribution < 1.29 is 4.74 Å². The maximum absolute atomic E-state index is 5.26. The highest BCUT2D eigenvalue weighted by molar-refractivity contribution is 5.39. The SMILES string of the molecule is CC.COc1cc(C2CC2)ccc1C. The van der Waals surface area contributed by atoms with Crippen LogP contribution in [0.25, 0.3) is 0 Å². The molecule has 0 amide bonds. The van der Waals surface area contributed by atoms with Crippen LogP contribution in [0.15, 0.2) is 18.2 Å². The first-order chi connectivity index (χ1) is 6.81. The first-order valence-corrected chi connectivity index (χ1v) is 5.46. The quantitative estimate of drug-likeness (QED) is 0.690. The monoisotopic (exact) mass is 192 g/mol. The number of rotatable bonds is 2. The Hall–Kier alpha value is -0.980. The van der Waals surface area contributed by atoms with Crippen LogP contribution in [-0.2, 0) is 0 Å². The van der Waals surface area contributed by atoms with Crippen LogP contribution in [0.3, 0.4) is 0 Å². The molecule has 0 heterocycles. The Morgan fingerprint density at radius 2 is 1.86 bits per heavy atom. The first-order valence-electron chi connectivity index (χ1n) is 5.46. The van der Waals surface area contributed by atoms with Crippen LogP contribution in [0.2, 0.25) is 0 Å². The van der Waals surface area contributed by atoms with Gasteiger partial charge in [-0.3, -0.25) is 0 Å². The normalized spacial score (nSPS) is 14.3. The van der Waals surface area contributed by atoms with Gasteiger partial charge in [0.1, 0.15) is 5.75 Å². The van der Waals surface area contributed by atoms with Crippen molar-refractivity contribution >= 4 is 0 Å². The minimum atomic E-state index is 0.819. The fourth-order valence-electron chi connectivity index (χ4n) is 1.51. The molecule has 1 heteroatoms. The van der Waals surface area contributed by atoms with Crippen LogP contribution in [0.5, 0.6) is 5.75 Å². The van der Waals surface area contributed by atoms with Crippen molar-refractivity contribution in [2.75, 3.05) is 7.11 Å². The van der Waals surface area contributed by atoms with Gasteiger partial charge in [0.25, 0.3) is 0 Å². The van der Waals surface area contributed by atoms with E-state index in [1.54, 1.807) is 7.11 Å². The van der Waals surface area contributed by atoms with E-state index in [0.717, 1.165) is 11.7 Å². The van der Waals surface area contributed by atoms with Gasteiger partial charge in [-0.05, 0) is 42.9 Å². The largest absolute Gasteiger partial charge is 0.496 e. The van der Waals surface area contributed by atoms with E-state index in [4.69, 9.17) is 4.74 Å². The number of methoxy groups -OCH3 is 1. The topological polar surface area (TPSA) is 9.23 Å². The number of benzene rings is 1.